The molecule has 0 amide bonds. The Balaban J connectivity index is 3.10. The van der Waals surface area contributed by atoms with E-state index in [2.05, 4.69) is 5.32 Å². The van der Waals surface area contributed by atoms with Gasteiger partial charge in [-0.05, 0) is 19.2 Å². The molecule has 0 aliphatic heterocycles. The number of benzene rings is 1. The van der Waals surface area contributed by atoms with Crippen molar-refractivity contribution in [1.29, 1.82) is 0 Å². The molecule has 0 aromatic heterocycles. The minimum atomic E-state index is -0.450. The van der Waals surface area contributed by atoms with Gasteiger partial charge in [-0.15, -0.1) is 0 Å². The summed E-state index contributed by atoms with van der Waals surface area (Å²) in [4.78, 5) is 0. The highest BCUT2D eigenvalue weighted by Gasteiger charge is 2.15. The molecule has 1 atom stereocenters. The number of aliphatic hydroxyl groups is 1. The van der Waals surface area contributed by atoms with Gasteiger partial charge in [0, 0.05) is 10.6 Å². The van der Waals surface area contributed by atoms with Crippen molar-refractivity contribution in [3.63, 3.8) is 0 Å². The number of aliphatic hydroxyl groups excluding tert-OH is 1. The van der Waals surface area contributed by atoms with E-state index in [4.69, 9.17) is 16.7 Å². The quantitative estimate of drug-likeness (QED) is 0.784. The maximum Gasteiger partial charge on any atom is 0.129 e. The predicted molar refractivity (Wildman–Crippen MR) is 50.3 cm³/mol. The van der Waals surface area contributed by atoms with Crippen LogP contribution in [0.1, 0.15) is 11.6 Å². The van der Waals surface area contributed by atoms with Gasteiger partial charge in [-0.25, -0.2) is 4.39 Å². The number of nitrogens with one attached hydrogen (secondary N) is 1. The zero-order valence-electron chi connectivity index (χ0n) is 7.22. The molecule has 0 radical (unpaired) electrons. The van der Waals surface area contributed by atoms with E-state index in [1.54, 1.807) is 13.1 Å². The predicted octanol–water partition coefficient (Wildman–Crippen LogP) is 1.73. The molecule has 1 rings (SSSR count). The lowest BCUT2D eigenvalue weighted by Crippen LogP contribution is -2.21. The molecule has 2 nitrogen and oxygen atoms in total. The molecule has 0 bridgehead atoms. The Kier molecular flexibility index (Phi) is 3.66. The number of hydrogen-bond acceptors (Lipinski definition) is 2. The molecule has 1 aromatic carbocycles. The maximum absolute atomic E-state index is 13.2. The smallest absolute Gasteiger partial charge is 0.129 e. The van der Waals surface area contributed by atoms with E-state index in [0.717, 1.165) is 0 Å². The average molecular weight is 204 g/mol. The summed E-state index contributed by atoms with van der Waals surface area (Å²) in [5, 5.41) is 12.0. The van der Waals surface area contributed by atoms with Gasteiger partial charge in [0.05, 0.1) is 12.6 Å². The van der Waals surface area contributed by atoms with Gasteiger partial charge in [0.25, 0.3) is 0 Å². The lowest BCUT2D eigenvalue weighted by Gasteiger charge is -2.15. The number of rotatable bonds is 3. The molecule has 13 heavy (non-hydrogen) atoms. The van der Waals surface area contributed by atoms with E-state index >= 15 is 0 Å². The van der Waals surface area contributed by atoms with Gasteiger partial charge >= 0.3 is 0 Å². The summed E-state index contributed by atoms with van der Waals surface area (Å²) in [5.41, 5.74) is 0.314. The third-order valence-electron chi connectivity index (χ3n) is 1.88. The summed E-state index contributed by atoms with van der Waals surface area (Å²) in [6.45, 7) is -0.183. The third-order valence-corrected chi connectivity index (χ3v) is 2.21. The first-order valence-electron chi connectivity index (χ1n) is 3.92. The van der Waals surface area contributed by atoms with Crippen LogP contribution >= 0.6 is 11.6 Å². The molecule has 0 spiro atoms. The van der Waals surface area contributed by atoms with Gasteiger partial charge in [-0.2, -0.15) is 0 Å². The SMILES string of the molecule is CNC(CO)c1c(F)cccc1Cl. The van der Waals surface area contributed by atoms with Crippen molar-refractivity contribution in [2.45, 2.75) is 6.04 Å². The fourth-order valence-electron chi connectivity index (χ4n) is 1.17. The van der Waals surface area contributed by atoms with Gasteiger partial charge in [0.1, 0.15) is 5.82 Å². The molecule has 1 aromatic rings. The van der Waals surface area contributed by atoms with Crippen LogP contribution in [0.3, 0.4) is 0 Å². The van der Waals surface area contributed by atoms with Gasteiger partial charge in [0.15, 0.2) is 0 Å². The fourth-order valence-corrected chi connectivity index (χ4v) is 1.47. The average Bonchev–Trinajstić information content (AvgIpc) is 2.11. The number of hydrogen-bond donors (Lipinski definition) is 2. The molecular formula is C9H11ClFNO. The molecule has 4 heteroatoms. The van der Waals surface area contributed by atoms with E-state index in [1.165, 1.54) is 12.1 Å². The summed E-state index contributed by atoms with van der Waals surface area (Å²) >= 11 is 5.79. The van der Waals surface area contributed by atoms with Crippen molar-refractivity contribution in [2.24, 2.45) is 0 Å². The monoisotopic (exact) mass is 203 g/mol. The van der Waals surface area contributed by atoms with E-state index < -0.39 is 11.9 Å². The lowest BCUT2D eigenvalue weighted by atomic mass is 10.1. The first kappa shape index (κ1) is 10.4. The molecule has 0 saturated heterocycles. The number of likely N-dealkylation sites (N-methyl/N-ethyl adjacent to an activating group) is 1. The Hall–Kier alpha value is -0.640. The molecule has 2 N–H and O–H groups in total. The van der Waals surface area contributed by atoms with E-state index in [0.29, 0.717) is 10.6 Å². The van der Waals surface area contributed by atoms with Crippen LogP contribution in [0, 0.1) is 5.82 Å². The van der Waals surface area contributed by atoms with Gasteiger partial charge in [0.2, 0.25) is 0 Å². The van der Waals surface area contributed by atoms with Crippen LogP contribution in [0.5, 0.6) is 0 Å². The normalized spacial score (nSPS) is 12.9. The molecule has 1 unspecified atom stereocenters. The molecular weight excluding hydrogens is 193 g/mol. The number of halogens is 2. The second-order valence-electron chi connectivity index (χ2n) is 2.66. The van der Waals surface area contributed by atoms with Gasteiger partial charge in [-0.3, -0.25) is 0 Å². The Morgan fingerprint density at radius 3 is 2.77 bits per heavy atom. The first-order chi connectivity index (χ1) is 6.20. The molecule has 72 valence electrons. The summed E-state index contributed by atoms with van der Waals surface area (Å²) in [5.74, 6) is -0.402. The Morgan fingerprint density at radius 2 is 2.31 bits per heavy atom. The van der Waals surface area contributed by atoms with E-state index in [9.17, 15) is 4.39 Å². The minimum absolute atomic E-state index is 0.183. The van der Waals surface area contributed by atoms with Crippen LogP contribution in [0.15, 0.2) is 18.2 Å². The highest BCUT2D eigenvalue weighted by atomic mass is 35.5. The second-order valence-corrected chi connectivity index (χ2v) is 3.07. The van der Waals surface area contributed by atoms with Crippen LogP contribution in [-0.4, -0.2) is 18.8 Å². The third kappa shape index (κ3) is 2.18. The Morgan fingerprint density at radius 1 is 1.62 bits per heavy atom. The molecule has 0 aliphatic rings. The van der Waals surface area contributed by atoms with Crippen molar-refractivity contribution in [3.8, 4) is 0 Å². The zero-order chi connectivity index (χ0) is 9.84. The van der Waals surface area contributed by atoms with Crippen molar-refractivity contribution in [1.82, 2.24) is 5.32 Å². The topological polar surface area (TPSA) is 32.3 Å². The summed E-state index contributed by atoms with van der Waals surface area (Å²) in [6.07, 6.45) is 0. The molecule has 0 aliphatic carbocycles. The fraction of sp³-hybridized carbons (Fsp3) is 0.333. The molecule has 0 fully saturated rings. The molecule has 0 heterocycles. The Bertz CT molecular complexity index is 269. The second kappa shape index (κ2) is 4.56. The van der Waals surface area contributed by atoms with Crippen LogP contribution in [-0.2, 0) is 0 Å². The minimum Gasteiger partial charge on any atom is -0.394 e. The highest BCUT2D eigenvalue weighted by Crippen LogP contribution is 2.25. The summed E-state index contributed by atoms with van der Waals surface area (Å²) < 4.78 is 13.2. The van der Waals surface area contributed by atoms with Crippen molar-refractivity contribution in [3.05, 3.63) is 34.6 Å². The lowest BCUT2D eigenvalue weighted by molar-refractivity contribution is 0.248. The largest absolute Gasteiger partial charge is 0.394 e. The standard InChI is InChI=1S/C9H11ClFNO/c1-12-8(5-13)9-6(10)3-2-4-7(9)11/h2-4,8,12-13H,5H2,1H3. The van der Waals surface area contributed by atoms with Crippen molar-refractivity contribution in [2.75, 3.05) is 13.7 Å². The van der Waals surface area contributed by atoms with Crippen LogP contribution in [0.25, 0.3) is 0 Å². The van der Waals surface area contributed by atoms with Gasteiger partial charge in [-0.1, -0.05) is 17.7 Å². The zero-order valence-corrected chi connectivity index (χ0v) is 7.98. The van der Waals surface area contributed by atoms with Gasteiger partial charge < -0.3 is 10.4 Å². The van der Waals surface area contributed by atoms with E-state index in [1.807, 2.05) is 0 Å². The van der Waals surface area contributed by atoms with E-state index in [-0.39, 0.29) is 6.61 Å². The van der Waals surface area contributed by atoms with Crippen LogP contribution < -0.4 is 5.32 Å². The van der Waals surface area contributed by atoms with Crippen LogP contribution in [0.2, 0.25) is 5.02 Å². The summed E-state index contributed by atoms with van der Waals surface area (Å²) in [7, 11) is 1.64. The summed E-state index contributed by atoms with van der Waals surface area (Å²) in [6, 6.07) is 4.00. The van der Waals surface area contributed by atoms with Crippen molar-refractivity contribution >= 4 is 11.6 Å². The maximum atomic E-state index is 13.2. The first-order valence-corrected chi connectivity index (χ1v) is 4.30. The van der Waals surface area contributed by atoms with Crippen molar-refractivity contribution < 1.29 is 9.50 Å². The Labute approximate surface area is 81.3 Å². The highest BCUT2D eigenvalue weighted by molar-refractivity contribution is 6.31. The molecule has 0 saturated carbocycles. The van der Waals surface area contributed by atoms with Crippen LogP contribution in [0.4, 0.5) is 4.39 Å².